The monoisotopic (exact) mass is 339 g/mol. The van der Waals surface area contributed by atoms with Gasteiger partial charge in [-0.05, 0) is 54.2 Å². The molecule has 0 saturated carbocycles. The molecule has 130 valence electrons. The van der Waals surface area contributed by atoms with Gasteiger partial charge in [0.25, 0.3) is 5.91 Å². The van der Waals surface area contributed by atoms with Crippen LogP contribution in [0.2, 0.25) is 0 Å². The van der Waals surface area contributed by atoms with Gasteiger partial charge in [0.1, 0.15) is 0 Å². The van der Waals surface area contributed by atoms with Crippen LogP contribution < -0.4 is 5.32 Å². The zero-order chi connectivity index (χ0) is 17.6. The number of anilines is 1. The number of carbonyl (C=O) groups is 2. The zero-order valence-electron chi connectivity index (χ0n) is 13.9. The molecule has 3 rings (SSSR count). The third-order valence-electron chi connectivity index (χ3n) is 4.41. The number of rotatable bonds is 5. The largest absolute Gasteiger partial charge is 0.481 e. The van der Waals surface area contributed by atoms with Gasteiger partial charge in [-0.2, -0.15) is 0 Å². The Kier molecular flexibility index (Phi) is 5.46. The maximum Gasteiger partial charge on any atom is 0.307 e. The molecule has 1 heterocycles. The van der Waals surface area contributed by atoms with E-state index in [1.165, 1.54) is 5.56 Å². The van der Waals surface area contributed by atoms with E-state index in [2.05, 4.69) is 5.32 Å². The molecule has 0 radical (unpaired) electrons. The lowest BCUT2D eigenvalue weighted by molar-refractivity contribution is -0.136. The molecule has 2 N–H and O–H groups in total. The van der Waals surface area contributed by atoms with Crippen LogP contribution in [0.1, 0.15) is 40.2 Å². The summed E-state index contributed by atoms with van der Waals surface area (Å²) < 4.78 is 5.38. The number of benzene rings is 2. The molecule has 1 fully saturated rings. The molecule has 2 aromatic rings. The van der Waals surface area contributed by atoms with Crippen molar-refractivity contribution in [1.29, 1.82) is 0 Å². The standard InChI is InChI=1S/C20H21NO4/c22-19(23)13-14-2-1-3-18(12-14)21-20(24)17-6-4-15(5-7-17)16-8-10-25-11-9-16/h1-7,12,16H,8-11,13H2,(H,21,24)(H,22,23). The van der Waals surface area contributed by atoms with Crippen LogP contribution in [0.3, 0.4) is 0 Å². The highest BCUT2D eigenvalue weighted by Crippen LogP contribution is 2.27. The van der Waals surface area contributed by atoms with Gasteiger partial charge in [-0.3, -0.25) is 9.59 Å². The summed E-state index contributed by atoms with van der Waals surface area (Å²) in [5, 5.41) is 11.7. The fraction of sp³-hybridized carbons (Fsp3) is 0.300. The predicted octanol–water partition coefficient (Wildman–Crippen LogP) is 3.46. The molecule has 0 unspecified atom stereocenters. The van der Waals surface area contributed by atoms with E-state index in [0.29, 0.717) is 22.7 Å². The van der Waals surface area contributed by atoms with Gasteiger partial charge >= 0.3 is 5.97 Å². The lowest BCUT2D eigenvalue weighted by Gasteiger charge is -2.22. The number of amides is 1. The lowest BCUT2D eigenvalue weighted by atomic mass is 9.91. The maximum atomic E-state index is 12.4. The van der Waals surface area contributed by atoms with Crippen molar-refractivity contribution < 1.29 is 19.4 Å². The fourth-order valence-corrected chi connectivity index (χ4v) is 3.07. The van der Waals surface area contributed by atoms with Gasteiger partial charge < -0.3 is 15.2 Å². The number of carbonyl (C=O) groups excluding carboxylic acids is 1. The summed E-state index contributed by atoms with van der Waals surface area (Å²) in [7, 11) is 0. The second kappa shape index (κ2) is 7.94. The first-order valence-corrected chi connectivity index (χ1v) is 8.41. The first kappa shape index (κ1) is 17.2. The number of aliphatic carboxylic acids is 1. The molecule has 1 amide bonds. The highest BCUT2D eigenvalue weighted by Gasteiger charge is 2.16. The fourth-order valence-electron chi connectivity index (χ4n) is 3.07. The minimum atomic E-state index is -0.896. The van der Waals surface area contributed by atoms with Crippen molar-refractivity contribution in [3.05, 3.63) is 65.2 Å². The first-order chi connectivity index (χ1) is 12.1. The van der Waals surface area contributed by atoms with E-state index in [0.717, 1.165) is 26.1 Å². The Bertz CT molecular complexity index is 749. The molecule has 0 atom stereocenters. The van der Waals surface area contributed by atoms with Gasteiger partial charge in [-0.25, -0.2) is 0 Å². The van der Waals surface area contributed by atoms with E-state index in [1.807, 2.05) is 24.3 Å². The molecule has 0 aliphatic carbocycles. The lowest BCUT2D eigenvalue weighted by Crippen LogP contribution is -2.15. The second-order valence-corrected chi connectivity index (χ2v) is 6.23. The molecule has 25 heavy (non-hydrogen) atoms. The SMILES string of the molecule is O=C(O)Cc1cccc(NC(=O)c2ccc(C3CCOCC3)cc2)c1. The van der Waals surface area contributed by atoms with Gasteiger partial charge in [-0.1, -0.05) is 24.3 Å². The van der Waals surface area contributed by atoms with Crippen LogP contribution in [-0.4, -0.2) is 30.2 Å². The Morgan fingerprint density at radius 2 is 1.80 bits per heavy atom. The summed E-state index contributed by atoms with van der Waals surface area (Å²) in [5.74, 6) is -0.600. The number of ether oxygens (including phenoxy) is 1. The van der Waals surface area contributed by atoms with Gasteiger partial charge in [-0.15, -0.1) is 0 Å². The Morgan fingerprint density at radius 3 is 2.48 bits per heavy atom. The molecule has 0 aromatic heterocycles. The highest BCUT2D eigenvalue weighted by atomic mass is 16.5. The van der Waals surface area contributed by atoms with Gasteiger partial charge in [0, 0.05) is 24.5 Å². The van der Waals surface area contributed by atoms with E-state index in [9.17, 15) is 9.59 Å². The summed E-state index contributed by atoms with van der Waals surface area (Å²) in [6.45, 7) is 1.58. The second-order valence-electron chi connectivity index (χ2n) is 6.23. The van der Waals surface area contributed by atoms with Crippen molar-refractivity contribution in [1.82, 2.24) is 0 Å². The quantitative estimate of drug-likeness (QED) is 0.875. The average Bonchev–Trinajstić information content (AvgIpc) is 2.62. The third kappa shape index (κ3) is 4.67. The maximum absolute atomic E-state index is 12.4. The van der Waals surface area contributed by atoms with Crippen LogP contribution in [0.5, 0.6) is 0 Å². The topological polar surface area (TPSA) is 75.6 Å². The van der Waals surface area contributed by atoms with Crippen molar-refractivity contribution in [2.75, 3.05) is 18.5 Å². The van der Waals surface area contributed by atoms with Crippen molar-refractivity contribution in [3.63, 3.8) is 0 Å². The Hall–Kier alpha value is -2.66. The number of nitrogens with one attached hydrogen (secondary N) is 1. The Morgan fingerprint density at radius 1 is 1.08 bits per heavy atom. The van der Waals surface area contributed by atoms with E-state index >= 15 is 0 Å². The average molecular weight is 339 g/mol. The van der Waals surface area contributed by atoms with E-state index in [-0.39, 0.29) is 12.3 Å². The Balaban J connectivity index is 1.65. The van der Waals surface area contributed by atoms with E-state index in [4.69, 9.17) is 9.84 Å². The minimum absolute atomic E-state index is 0.0660. The summed E-state index contributed by atoms with van der Waals surface area (Å²) in [5.41, 5.74) is 3.07. The van der Waals surface area contributed by atoms with Crippen molar-refractivity contribution in [3.8, 4) is 0 Å². The molecule has 5 nitrogen and oxygen atoms in total. The van der Waals surface area contributed by atoms with Gasteiger partial charge in [0.2, 0.25) is 0 Å². The third-order valence-corrected chi connectivity index (χ3v) is 4.41. The molecular formula is C20H21NO4. The predicted molar refractivity (Wildman–Crippen MR) is 95.0 cm³/mol. The van der Waals surface area contributed by atoms with Crippen molar-refractivity contribution in [2.24, 2.45) is 0 Å². The minimum Gasteiger partial charge on any atom is -0.481 e. The number of hydrogen-bond donors (Lipinski definition) is 2. The van der Waals surface area contributed by atoms with Gasteiger partial charge in [0.05, 0.1) is 6.42 Å². The molecule has 2 aromatic carbocycles. The molecular weight excluding hydrogens is 318 g/mol. The van der Waals surface area contributed by atoms with Crippen molar-refractivity contribution in [2.45, 2.75) is 25.2 Å². The van der Waals surface area contributed by atoms with E-state index < -0.39 is 5.97 Å². The van der Waals surface area contributed by atoms with Crippen LogP contribution in [0.4, 0.5) is 5.69 Å². The van der Waals surface area contributed by atoms with Crippen LogP contribution in [0.25, 0.3) is 0 Å². The number of carboxylic acid groups (broad SMARTS) is 1. The zero-order valence-corrected chi connectivity index (χ0v) is 13.9. The van der Waals surface area contributed by atoms with Gasteiger partial charge in [0.15, 0.2) is 0 Å². The molecule has 0 spiro atoms. The molecule has 0 bridgehead atoms. The smallest absolute Gasteiger partial charge is 0.307 e. The summed E-state index contributed by atoms with van der Waals surface area (Å²) in [4.78, 5) is 23.2. The van der Waals surface area contributed by atoms with E-state index in [1.54, 1.807) is 24.3 Å². The summed E-state index contributed by atoms with van der Waals surface area (Å²) >= 11 is 0. The molecule has 1 aliphatic heterocycles. The number of carboxylic acids is 1. The van der Waals surface area contributed by atoms with Crippen LogP contribution in [-0.2, 0) is 16.0 Å². The molecule has 1 saturated heterocycles. The first-order valence-electron chi connectivity index (χ1n) is 8.41. The van der Waals surface area contributed by atoms with Crippen molar-refractivity contribution >= 4 is 17.6 Å². The highest BCUT2D eigenvalue weighted by molar-refractivity contribution is 6.04. The molecule has 1 aliphatic rings. The number of hydrogen-bond acceptors (Lipinski definition) is 3. The summed E-state index contributed by atoms with van der Waals surface area (Å²) in [6.07, 6.45) is 1.97. The molecule has 5 heteroatoms. The summed E-state index contributed by atoms with van der Waals surface area (Å²) in [6, 6.07) is 14.6. The Labute approximate surface area is 146 Å². The van der Waals surface area contributed by atoms with Crippen LogP contribution in [0, 0.1) is 0 Å². The van der Waals surface area contributed by atoms with Crippen LogP contribution >= 0.6 is 0 Å². The normalized spacial score (nSPS) is 14.9. The van der Waals surface area contributed by atoms with Crippen LogP contribution in [0.15, 0.2) is 48.5 Å².